The average molecular weight is 363 g/mol. The second-order valence-corrected chi connectivity index (χ2v) is 7.07. The molecule has 9 heteroatoms. The number of nitrogens with two attached hydrogens (primary N) is 1. The van der Waals surface area contributed by atoms with Gasteiger partial charge in [-0.15, -0.1) is 0 Å². The molecule has 0 aromatic rings. The summed E-state index contributed by atoms with van der Waals surface area (Å²) in [6.07, 6.45) is -0.161. The van der Waals surface area contributed by atoms with Crippen molar-refractivity contribution < 1.29 is 28.7 Å². The van der Waals surface area contributed by atoms with Crippen LogP contribution in [0, 0.1) is 5.92 Å². The van der Waals surface area contributed by atoms with Crippen molar-refractivity contribution in [1.82, 2.24) is 9.80 Å². The number of methoxy groups -OCH3 is 2. The van der Waals surface area contributed by atoms with Crippen LogP contribution in [0.1, 0.15) is 13.3 Å². The van der Waals surface area contributed by atoms with Crippen molar-refractivity contribution in [1.29, 1.82) is 0 Å². The molecular formula is C17H21N3O6. The van der Waals surface area contributed by atoms with Crippen LogP contribution in [0.15, 0.2) is 22.6 Å². The Morgan fingerprint density at radius 2 is 2.00 bits per heavy atom. The van der Waals surface area contributed by atoms with E-state index in [1.807, 2.05) is 11.9 Å². The minimum Gasteiger partial charge on any atom is -0.492 e. The Morgan fingerprint density at radius 1 is 1.31 bits per heavy atom. The third kappa shape index (κ3) is 1.77. The Kier molecular flexibility index (Phi) is 3.56. The fourth-order valence-electron chi connectivity index (χ4n) is 5.03. The second kappa shape index (κ2) is 5.38. The number of carbonyl (C=O) groups excluding carboxylic acids is 3. The summed E-state index contributed by atoms with van der Waals surface area (Å²) in [5.74, 6) is 3.04. The molecule has 0 spiro atoms. The molecule has 3 heterocycles. The average Bonchev–Trinajstić information content (AvgIpc) is 3.02. The monoisotopic (exact) mass is 363 g/mol. The van der Waals surface area contributed by atoms with Gasteiger partial charge in [0.1, 0.15) is 0 Å². The Labute approximate surface area is 150 Å². The standard InChI is InChI=1S/C17H21N3O6/c1-7-13(22)12-11(14(23)15(7)24-3)8(5-10(21)26-18)17(25-4)16-9(19(16)2)6-20(12)17/h8-9,16H,5-6,18H2,1-4H3/t8-,9-,16-,17+,19?/m0/s1. The van der Waals surface area contributed by atoms with Crippen molar-refractivity contribution in [3.05, 3.63) is 22.6 Å². The van der Waals surface area contributed by atoms with Crippen molar-refractivity contribution >= 4 is 17.5 Å². The molecule has 3 aliphatic heterocycles. The zero-order valence-corrected chi connectivity index (χ0v) is 15.1. The molecule has 2 fully saturated rings. The second-order valence-electron chi connectivity index (χ2n) is 7.07. The number of fused-ring (bicyclic) bond motifs is 4. The van der Waals surface area contributed by atoms with Crippen LogP contribution >= 0.6 is 0 Å². The molecule has 2 saturated heterocycles. The molecule has 4 aliphatic rings. The van der Waals surface area contributed by atoms with E-state index < -0.39 is 17.6 Å². The minimum atomic E-state index is -0.979. The van der Waals surface area contributed by atoms with Gasteiger partial charge in [-0.25, -0.2) is 0 Å². The number of piperazine rings is 1. The van der Waals surface area contributed by atoms with Crippen LogP contribution in [-0.4, -0.2) is 73.0 Å². The number of rotatable bonds is 4. The van der Waals surface area contributed by atoms with Crippen molar-refractivity contribution in [2.75, 3.05) is 27.8 Å². The number of allylic oxidation sites excluding steroid dienone is 2. The number of carbonyl (C=O) groups is 3. The molecule has 0 aromatic carbocycles. The number of hydrogen-bond acceptors (Lipinski definition) is 9. The van der Waals surface area contributed by atoms with Gasteiger partial charge in [-0.3, -0.25) is 19.3 Å². The van der Waals surface area contributed by atoms with E-state index >= 15 is 0 Å². The first-order chi connectivity index (χ1) is 12.3. The lowest BCUT2D eigenvalue weighted by atomic mass is 9.80. The highest BCUT2D eigenvalue weighted by atomic mass is 16.7. The summed E-state index contributed by atoms with van der Waals surface area (Å²) in [4.78, 5) is 46.4. The summed E-state index contributed by atoms with van der Waals surface area (Å²) in [5, 5.41) is 0. The highest BCUT2D eigenvalue weighted by molar-refractivity contribution is 6.25. The van der Waals surface area contributed by atoms with Gasteiger partial charge in [-0.1, -0.05) is 0 Å². The third-order valence-corrected chi connectivity index (χ3v) is 6.21. The predicted molar refractivity (Wildman–Crippen MR) is 86.9 cm³/mol. The van der Waals surface area contributed by atoms with Gasteiger partial charge < -0.3 is 19.2 Å². The smallest absolute Gasteiger partial charge is 0.325 e. The lowest BCUT2D eigenvalue weighted by Crippen LogP contribution is -2.54. The zero-order valence-electron chi connectivity index (χ0n) is 15.1. The van der Waals surface area contributed by atoms with E-state index in [0.717, 1.165) is 0 Å². The van der Waals surface area contributed by atoms with Gasteiger partial charge in [0.05, 0.1) is 31.2 Å². The first kappa shape index (κ1) is 17.2. The van der Waals surface area contributed by atoms with Gasteiger partial charge >= 0.3 is 5.97 Å². The van der Waals surface area contributed by atoms with Gasteiger partial charge in [0.25, 0.3) is 0 Å². The SMILES string of the molecule is COC1=C(C)C(=O)C2=C(C1=O)[C@H](CC(=O)ON)[C@@]1(OC)[C@@H]3[C@H](CN21)N3C. The summed E-state index contributed by atoms with van der Waals surface area (Å²) >= 11 is 0. The topological polar surface area (TPSA) is 111 Å². The van der Waals surface area contributed by atoms with E-state index in [4.69, 9.17) is 15.4 Å². The van der Waals surface area contributed by atoms with Crippen LogP contribution in [0.3, 0.4) is 0 Å². The maximum atomic E-state index is 13.1. The molecular weight excluding hydrogens is 342 g/mol. The number of likely N-dealkylation sites (N-methyl/N-ethyl adjacent to an activating group) is 1. The molecule has 0 saturated carbocycles. The third-order valence-electron chi connectivity index (χ3n) is 6.21. The van der Waals surface area contributed by atoms with E-state index in [-0.39, 0.29) is 47.0 Å². The van der Waals surface area contributed by atoms with Crippen molar-refractivity contribution in [2.45, 2.75) is 31.2 Å². The van der Waals surface area contributed by atoms with Gasteiger partial charge in [-0.05, 0) is 14.0 Å². The molecule has 0 radical (unpaired) electrons. The van der Waals surface area contributed by atoms with Crippen molar-refractivity contribution in [2.24, 2.45) is 11.8 Å². The van der Waals surface area contributed by atoms with Crippen LogP contribution in [0.5, 0.6) is 0 Å². The van der Waals surface area contributed by atoms with Crippen LogP contribution < -0.4 is 5.90 Å². The molecule has 5 atom stereocenters. The molecule has 0 amide bonds. The highest BCUT2D eigenvalue weighted by Gasteiger charge is 2.75. The summed E-state index contributed by atoms with van der Waals surface area (Å²) in [7, 11) is 4.84. The number of hydrogen-bond donors (Lipinski definition) is 1. The van der Waals surface area contributed by atoms with E-state index in [0.29, 0.717) is 12.2 Å². The van der Waals surface area contributed by atoms with E-state index in [1.165, 1.54) is 14.2 Å². The highest BCUT2D eigenvalue weighted by Crippen LogP contribution is 2.60. The van der Waals surface area contributed by atoms with Crippen molar-refractivity contribution in [3.63, 3.8) is 0 Å². The number of ketones is 2. The van der Waals surface area contributed by atoms with E-state index in [2.05, 4.69) is 9.74 Å². The van der Waals surface area contributed by atoms with Crippen molar-refractivity contribution in [3.8, 4) is 0 Å². The maximum Gasteiger partial charge on any atom is 0.325 e. The largest absolute Gasteiger partial charge is 0.492 e. The van der Waals surface area contributed by atoms with Crippen LogP contribution in [0.4, 0.5) is 0 Å². The Bertz CT molecular complexity index is 802. The number of nitrogens with zero attached hydrogens (tertiary/aromatic N) is 2. The van der Waals surface area contributed by atoms with Crippen LogP contribution in [-0.2, 0) is 28.7 Å². The van der Waals surface area contributed by atoms with Crippen LogP contribution in [0.2, 0.25) is 0 Å². The van der Waals surface area contributed by atoms with Gasteiger partial charge in [0.15, 0.2) is 11.5 Å². The van der Waals surface area contributed by atoms with E-state index in [1.54, 1.807) is 6.92 Å². The number of Topliss-reactive ketones (excluding diaryl/α,β-unsaturated/α-hetero) is 2. The molecule has 9 nitrogen and oxygen atoms in total. The summed E-state index contributed by atoms with van der Waals surface area (Å²) in [6.45, 7) is 2.12. The molecule has 1 unspecified atom stereocenters. The molecule has 0 bridgehead atoms. The van der Waals surface area contributed by atoms with Gasteiger partial charge in [0.2, 0.25) is 11.6 Å². The molecule has 26 heavy (non-hydrogen) atoms. The fourth-order valence-corrected chi connectivity index (χ4v) is 5.03. The summed E-state index contributed by atoms with van der Waals surface area (Å²) < 4.78 is 11.1. The first-order valence-electron chi connectivity index (χ1n) is 8.37. The maximum absolute atomic E-state index is 13.1. The van der Waals surface area contributed by atoms with Crippen LogP contribution in [0.25, 0.3) is 0 Å². The van der Waals surface area contributed by atoms with E-state index in [9.17, 15) is 14.4 Å². The molecule has 0 aromatic heterocycles. The Balaban J connectivity index is 1.88. The lowest BCUT2D eigenvalue weighted by Gasteiger charge is -2.40. The summed E-state index contributed by atoms with van der Waals surface area (Å²) in [5.41, 5.74) is -0.154. The van der Waals surface area contributed by atoms with Gasteiger partial charge in [0, 0.05) is 30.8 Å². The first-order valence-corrected chi connectivity index (χ1v) is 8.37. The lowest BCUT2D eigenvalue weighted by molar-refractivity contribution is -0.157. The molecule has 140 valence electrons. The Morgan fingerprint density at radius 3 is 2.58 bits per heavy atom. The zero-order chi connectivity index (χ0) is 19.0. The fraction of sp³-hybridized carbons (Fsp3) is 0.588. The summed E-state index contributed by atoms with van der Waals surface area (Å²) in [6, 6.07) is 0.178. The molecule has 2 N–H and O–H groups in total. The quantitative estimate of drug-likeness (QED) is 0.385. The number of ether oxygens (including phenoxy) is 2. The normalized spacial score (nSPS) is 37.7. The molecule has 1 aliphatic carbocycles. The predicted octanol–water partition coefficient (Wildman–Crippen LogP) is -0.910. The van der Waals surface area contributed by atoms with Gasteiger partial charge in [-0.2, -0.15) is 5.90 Å². The molecule has 4 rings (SSSR count). The minimum absolute atomic E-state index is 0.00740. The Hall–Kier alpha value is -2.23.